The quantitative estimate of drug-likeness (QED) is 0.593. The number of quaternary nitrogens is 1. The molecule has 4 heterocycles. The minimum atomic E-state index is -0.0769. The number of fused-ring (bicyclic) bond motifs is 1. The fourth-order valence-electron chi connectivity index (χ4n) is 6.09. The fraction of sp³-hybridized carbons (Fsp3) is 0.538. The van der Waals surface area contributed by atoms with Crippen molar-refractivity contribution in [3.05, 3.63) is 51.4 Å². The predicted octanol–water partition coefficient (Wildman–Crippen LogP) is 5.34. The summed E-state index contributed by atoms with van der Waals surface area (Å²) in [5, 5.41) is 4.79. The lowest BCUT2D eigenvalue weighted by molar-refractivity contribution is -0.876. The summed E-state index contributed by atoms with van der Waals surface area (Å²) in [6.07, 6.45) is 4.80. The summed E-state index contributed by atoms with van der Waals surface area (Å²) in [5.74, 6) is 1.69. The molecule has 1 N–H and O–H groups in total. The maximum absolute atomic E-state index is 13.9. The number of carbonyl (C=O) groups excluding carboxylic acids is 2. The van der Waals surface area contributed by atoms with Gasteiger partial charge in [-0.1, -0.05) is 23.7 Å². The number of amides is 2. The van der Waals surface area contributed by atoms with Crippen molar-refractivity contribution in [1.29, 1.82) is 0 Å². The van der Waals surface area contributed by atoms with Gasteiger partial charge in [0.25, 0.3) is 5.91 Å². The van der Waals surface area contributed by atoms with Crippen molar-refractivity contribution in [1.82, 2.24) is 5.32 Å². The van der Waals surface area contributed by atoms with E-state index in [2.05, 4.69) is 19.2 Å². The lowest BCUT2D eigenvalue weighted by Crippen LogP contribution is -2.61. The number of hydrogen-bond acceptors (Lipinski definition) is 4. The number of nitrogens with one attached hydrogen (secondary N) is 1. The zero-order chi connectivity index (χ0) is 23.2. The Morgan fingerprint density at radius 1 is 1.09 bits per heavy atom. The third-order valence-electron chi connectivity index (χ3n) is 8.20. The van der Waals surface area contributed by atoms with Gasteiger partial charge in [-0.3, -0.25) is 14.2 Å². The summed E-state index contributed by atoms with van der Waals surface area (Å²) in [5.41, 5.74) is 1.53. The average molecular weight is 487 g/mol. The van der Waals surface area contributed by atoms with Crippen molar-refractivity contribution < 1.29 is 14.1 Å². The van der Waals surface area contributed by atoms with Crippen LogP contribution in [0.4, 0.5) is 5.00 Å². The average Bonchev–Trinajstić information content (AvgIpc) is 3.44. The largest absolute Gasteiger partial charge is 0.356 e. The maximum Gasteiger partial charge on any atom is 0.356 e. The van der Waals surface area contributed by atoms with Gasteiger partial charge >= 0.3 is 5.91 Å². The molecule has 0 aliphatic carbocycles. The molecule has 0 radical (unpaired) electrons. The van der Waals surface area contributed by atoms with Gasteiger partial charge in [0.05, 0.1) is 41.3 Å². The van der Waals surface area contributed by atoms with Crippen LogP contribution in [0.1, 0.15) is 65.1 Å². The molecule has 0 spiro atoms. The summed E-state index contributed by atoms with van der Waals surface area (Å²) in [4.78, 5) is 29.4. The molecule has 3 aliphatic heterocycles. The first-order valence-corrected chi connectivity index (χ1v) is 13.4. The van der Waals surface area contributed by atoms with E-state index in [0.717, 1.165) is 66.3 Å². The highest BCUT2D eigenvalue weighted by molar-refractivity contribution is 7.18. The van der Waals surface area contributed by atoms with Crippen LogP contribution in [-0.4, -0.2) is 48.5 Å². The lowest BCUT2D eigenvalue weighted by Gasteiger charge is -2.46. The van der Waals surface area contributed by atoms with E-state index >= 15 is 0 Å². The van der Waals surface area contributed by atoms with Gasteiger partial charge in [-0.15, -0.1) is 11.3 Å². The molecule has 2 saturated heterocycles. The normalized spacial score (nSPS) is 26.1. The smallest absolute Gasteiger partial charge is 0.317 e. The van der Waals surface area contributed by atoms with E-state index in [1.807, 2.05) is 24.3 Å². The van der Waals surface area contributed by atoms with Crippen molar-refractivity contribution >= 4 is 39.8 Å². The molecule has 33 heavy (non-hydrogen) atoms. The number of likely N-dealkylation sites (tertiary alicyclic amines) is 1. The Morgan fingerprint density at radius 2 is 1.79 bits per heavy atom. The van der Waals surface area contributed by atoms with Gasteiger partial charge in [-0.05, 0) is 75.4 Å². The molecule has 2 amide bonds. The second-order valence-corrected chi connectivity index (χ2v) is 11.6. The maximum atomic E-state index is 13.9. The van der Waals surface area contributed by atoms with Crippen LogP contribution in [0.5, 0.6) is 0 Å². The molecule has 3 aliphatic rings. The topological polar surface area (TPSA) is 49.4 Å². The third kappa shape index (κ3) is 4.05. The molecular formula is C26H33ClN3O2S+. The summed E-state index contributed by atoms with van der Waals surface area (Å²) < 4.78 is 0.529. The SMILES string of the molecule is CC(C)[N+]1(C(=O)c2ccc(N3Cc4cccc(Cl)c4C3=O)s2)CCC(C2CCNCC2)CC1. The Morgan fingerprint density at radius 3 is 2.45 bits per heavy atom. The molecule has 176 valence electrons. The monoisotopic (exact) mass is 486 g/mol. The molecule has 7 heteroatoms. The summed E-state index contributed by atoms with van der Waals surface area (Å²) in [6, 6.07) is 9.68. The molecule has 5 rings (SSSR count). The van der Waals surface area contributed by atoms with Crippen LogP contribution in [0.2, 0.25) is 5.02 Å². The fourth-order valence-corrected chi connectivity index (χ4v) is 7.39. The van der Waals surface area contributed by atoms with Crippen molar-refractivity contribution in [3.63, 3.8) is 0 Å². The molecule has 1 aromatic carbocycles. The number of halogens is 1. The van der Waals surface area contributed by atoms with Crippen molar-refractivity contribution in [2.45, 2.75) is 52.1 Å². The van der Waals surface area contributed by atoms with Crippen molar-refractivity contribution in [3.8, 4) is 0 Å². The van der Waals surface area contributed by atoms with Crippen LogP contribution in [0.25, 0.3) is 0 Å². The van der Waals surface area contributed by atoms with Gasteiger partial charge < -0.3 is 5.32 Å². The summed E-state index contributed by atoms with van der Waals surface area (Å²) in [7, 11) is 0. The Balaban J connectivity index is 1.33. The van der Waals surface area contributed by atoms with Crippen LogP contribution in [0.15, 0.2) is 30.3 Å². The molecule has 0 atom stereocenters. The second-order valence-electron chi connectivity index (χ2n) is 10.1. The number of rotatable bonds is 4. The number of hydrogen-bond donors (Lipinski definition) is 1. The zero-order valence-electron chi connectivity index (χ0n) is 19.5. The van der Waals surface area contributed by atoms with Gasteiger partial charge in [0.2, 0.25) is 0 Å². The highest BCUT2D eigenvalue weighted by atomic mass is 35.5. The third-order valence-corrected chi connectivity index (χ3v) is 9.61. The standard InChI is InChI=1S/C26H33ClN3O2S/c1-17(2)30(14-10-19(11-15-30)18-8-12-28-13-9-18)26(32)22-6-7-23(33-22)29-16-20-4-3-5-21(27)24(20)25(29)31/h3-7,17-19,28H,8-16H2,1-2H3/q+1. The van der Waals surface area contributed by atoms with E-state index in [9.17, 15) is 9.59 Å². The van der Waals surface area contributed by atoms with E-state index in [1.54, 1.807) is 11.0 Å². The first kappa shape index (κ1) is 23.0. The zero-order valence-corrected chi connectivity index (χ0v) is 21.1. The Bertz CT molecular complexity index is 1050. The Kier molecular flexibility index (Phi) is 6.38. The number of anilines is 1. The van der Waals surface area contributed by atoms with E-state index in [0.29, 0.717) is 21.6 Å². The number of benzene rings is 1. The molecular weight excluding hydrogens is 454 g/mol. The van der Waals surface area contributed by atoms with E-state index in [1.165, 1.54) is 24.2 Å². The number of carbonyl (C=O) groups is 2. The number of thiophene rings is 1. The van der Waals surface area contributed by atoms with Crippen molar-refractivity contribution in [2.75, 3.05) is 31.1 Å². The second kappa shape index (κ2) is 9.14. The molecule has 2 fully saturated rings. The van der Waals surface area contributed by atoms with Crippen molar-refractivity contribution in [2.24, 2.45) is 11.8 Å². The summed E-state index contributed by atoms with van der Waals surface area (Å²) >= 11 is 7.74. The van der Waals surface area contributed by atoms with Gasteiger partial charge in [0, 0.05) is 12.8 Å². The van der Waals surface area contributed by atoms with Gasteiger partial charge in [0.15, 0.2) is 0 Å². The number of piperidine rings is 2. The van der Waals surface area contributed by atoms with Crippen LogP contribution < -0.4 is 10.2 Å². The van der Waals surface area contributed by atoms with E-state index < -0.39 is 0 Å². The van der Waals surface area contributed by atoms with Gasteiger partial charge in [-0.2, -0.15) is 0 Å². The predicted molar refractivity (Wildman–Crippen MR) is 134 cm³/mol. The number of nitrogens with zero attached hydrogens (tertiary/aromatic N) is 2. The Labute approximate surface area is 205 Å². The van der Waals surface area contributed by atoms with E-state index in [-0.39, 0.29) is 17.9 Å². The molecule has 0 bridgehead atoms. The first-order valence-electron chi connectivity index (χ1n) is 12.2. The highest BCUT2D eigenvalue weighted by Gasteiger charge is 2.46. The van der Waals surface area contributed by atoms with Gasteiger partial charge in [-0.25, -0.2) is 4.79 Å². The first-order chi connectivity index (χ1) is 15.9. The molecule has 5 nitrogen and oxygen atoms in total. The lowest BCUT2D eigenvalue weighted by atomic mass is 9.78. The summed E-state index contributed by atoms with van der Waals surface area (Å²) in [6.45, 7) is 8.97. The minimum absolute atomic E-state index is 0.0769. The molecule has 0 saturated carbocycles. The highest BCUT2D eigenvalue weighted by Crippen LogP contribution is 2.39. The minimum Gasteiger partial charge on any atom is -0.317 e. The van der Waals surface area contributed by atoms with Gasteiger partial charge in [0.1, 0.15) is 4.88 Å². The molecule has 1 aromatic heterocycles. The van der Waals surface area contributed by atoms with Crippen LogP contribution >= 0.6 is 22.9 Å². The Hall–Kier alpha value is -1.73. The molecule has 0 unspecified atom stereocenters. The molecule has 2 aromatic rings. The van der Waals surface area contributed by atoms with Crippen LogP contribution in [0, 0.1) is 11.8 Å². The van der Waals surface area contributed by atoms with Crippen LogP contribution in [0.3, 0.4) is 0 Å². The van der Waals surface area contributed by atoms with Crippen LogP contribution in [-0.2, 0) is 6.54 Å². The van der Waals surface area contributed by atoms with E-state index in [4.69, 9.17) is 11.6 Å².